The van der Waals surface area contributed by atoms with Crippen molar-refractivity contribution >= 4 is 12.0 Å². The Morgan fingerprint density at radius 1 is 1.00 bits per heavy atom. The fourth-order valence-electron chi connectivity index (χ4n) is 4.11. The minimum Gasteiger partial charge on any atom is -0.458 e. The number of esters is 1. The van der Waals surface area contributed by atoms with Crippen molar-refractivity contribution in [3.8, 4) is 0 Å². The van der Waals surface area contributed by atoms with Gasteiger partial charge in [-0.2, -0.15) is 0 Å². The molecule has 0 saturated carbocycles. The fourth-order valence-corrected chi connectivity index (χ4v) is 4.11. The van der Waals surface area contributed by atoms with Crippen LogP contribution in [0.2, 0.25) is 0 Å². The fraction of sp³-hybridized carbons (Fsp3) is 0.607. The van der Waals surface area contributed by atoms with Crippen LogP contribution in [-0.2, 0) is 4.74 Å². The van der Waals surface area contributed by atoms with Gasteiger partial charge >= 0.3 is 5.97 Å². The lowest BCUT2D eigenvalue weighted by Crippen LogP contribution is -2.20. The third-order valence-electron chi connectivity index (χ3n) is 5.70. The Kier molecular flexibility index (Phi) is 9.59. The van der Waals surface area contributed by atoms with Crippen molar-refractivity contribution in [3.05, 3.63) is 53.6 Å². The van der Waals surface area contributed by atoms with E-state index in [1.54, 1.807) is 18.2 Å². The number of allylic oxidation sites excluding steroid dienone is 1. The average molecular weight is 413 g/mol. The van der Waals surface area contributed by atoms with Crippen molar-refractivity contribution in [1.29, 1.82) is 0 Å². The van der Waals surface area contributed by atoms with Crippen LogP contribution in [-0.4, -0.2) is 12.6 Å². The molecule has 0 radical (unpaired) electrons. The van der Waals surface area contributed by atoms with Gasteiger partial charge in [-0.1, -0.05) is 92.7 Å². The number of hydrogen-bond donors (Lipinski definition) is 0. The van der Waals surface area contributed by atoms with Crippen LogP contribution < -0.4 is 0 Å². The number of hydrogen-bond acceptors (Lipinski definition) is 2. The molecule has 0 aliphatic heterocycles. The van der Waals surface area contributed by atoms with Gasteiger partial charge in [0.25, 0.3) is 0 Å². The summed E-state index contributed by atoms with van der Waals surface area (Å²) in [4.78, 5) is 12.5. The maximum absolute atomic E-state index is 12.5. The van der Waals surface area contributed by atoms with E-state index in [4.69, 9.17) is 4.74 Å². The van der Waals surface area contributed by atoms with Crippen molar-refractivity contribution in [1.82, 2.24) is 0 Å². The van der Waals surface area contributed by atoms with Crippen LogP contribution >= 0.6 is 0 Å². The van der Waals surface area contributed by atoms with Crippen LogP contribution in [0.4, 0.5) is 0 Å². The first-order valence-corrected chi connectivity index (χ1v) is 11.3. The minimum atomic E-state index is -0.265. The first kappa shape index (κ1) is 26.2. The maximum atomic E-state index is 12.5. The van der Waals surface area contributed by atoms with E-state index in [1.165, 1.54) is 12.0 Å². The highest BCUT2D eigenvalue weighted by molar-refractivity contribution is 5.89. The molecule has 0 spiro atoms. The molecule has 0 aromatic heterocycles. The second kappa shape index (κ2) is 11.0. The van der Waals surface area contributed by atoms with E-state index < -0.39 is 0 Å². The normalized spacial score (nSPS) is 13.3. The summed E-state index contributed by atoms with van der Waals surface area (Å²) in [5.74, 6) is -0.265. The molecule has 2 nitrogen and oxygen atoms in total. The lowest BCUT2D eigenvalue weighted by Gasteiger charge is -2.32. The van der Waals surface area contributed by atoms with Gasteiger partial charge in [-0.15, -0.1) is 0 Å². The number of carbonyl (C=O) groups excluding carboxylic acids is 1. The topological polar surface area (TPSA) is 26.3 Å². The van der Waals surface area contributed by atoms with Gasteiger partial charge in [0.15, 0.2) is 0 Å². The van der Waals surface area contributed by atoms with E-state index in [0.29, 0.717) is 23.0 Å². The Bertz CT molecular complexity index is 712. The molecule has 1 aromatic carbocycles. The summed E-state index contributed by atoms with van der Waals surface area (Å²) >= 11 is 0. The van der Waals surface area contributed by atoms with Crippen LogP contribution in [0.1, 0.15) is 103 Å². The molecule has 168 valence electrons. The number of carbonyl (C=O) groups is 1. The van der Waals surface area contributed by atoms with Gasteiger partial charge in [0.1, 0.15) is 6.61 Å². The van der Waals surface area contributed by atoms with Crippen LogP contribution in [0.3, 0.4) is 0 Å². The summed E-state index contributed by atoms with van der Waals surface area (Å²) in [6.07, 6.45) is 9.48. The van der Waals surface area contributed by atoms with E-state index in [2.05, 4.69) is 68.0 Å². The summed E-state index contributed by atoms with van der Waals surface area (Å²) in [7, 11) is 0. The summed E-state index contributed by atoms with van der Waals surface area (Å²) < 4.78 is 5.68. The third-order valence-corrected chi connectivity index (χ3v) is 5.70. The minimum absolute atomic E-state index is 0.199. The molecule has 0 saturated heterocycles. The highest BCUT2D eigenvalue weighted by atomic mass is 16.5. The Morgan fingerprint density at radius 3 is 2.10 bits per heavy atom. The Morgan fingerprint density at radius 2 is 1.60 bits per heavy atom. The lowest BCUT2D eigenvalue weighted by molar-refractivity contribution is 0.0532. The first-order chi connectivity index (χ1) is 13.8. The van der Waals surface area contributed by atoms with Crippen molar-refractivity contribution in [2.24, 2.45) is 16.2 Å². The Hall–Kier alpha value is -1.83. The quantitative estimate of drug-likeness (QED) is 0.269. The van der Waals surface area contributed by atoms with Gasteiger partial charge < -0.3 is 4.74 Å². The first-order valence-electron chi connectivity index (χ1n) is 11.3. The standard InChI is InChI=1S/C28H44O2/c1-10-22-14-16-24(17-15-22)25(29)30-20-23(19-27(6,7)11-2)13-12-18-28(8,9)21-26(3,4)5/h10,13-17H,1,11-12,18-21H2,2-9H3/b23-13-. The molecule has 0 atom stereocenters. The predicted molar refractivity (Wildman–Crippen MR) is 131 cm³/mol. The van der Waals surface area contributed by atoms with Crippen molar-refractivity contribution in [2.75, 3.05) is 6.61 Å². The number of benzene rings is 1. The SMILES string of the molecule is C=Cc1ccc(C(=O)OC/C(=C\CCC(C)(C)CC(C)(C)C)CC(C)(C)CC)cc1. The molecule has 1 aromatic rings. The number of rotatable bonds is 11. The lowest BCUT2D eigenvalue weighted by atomic mass is 9.73. The zero-order valence-electron chi connectivity index (χ0n) is 20.7. The van der Waals surface area contributed by atoms with E-state index in [1.807, 2.05) is 12.1 Å². The van der Waals surface area contributed by atoms with Gasteiger partial charge in [-0.05, 0) is 65.2 Å². The predicted octanol–water partition coefficient (Wildman–Crippen LogP) is 8.48. The highest BCUT2D eigenvalue weighted by Gasteiger charge is 2.25. The molecule has 30 heavy (non-hydrogen) atoms. The van der Waals surface area contributed by atoms with Gasteiger partial charge in [0, 0.05) is 0 Å². The Balaban J connectivity index is 2.80. The summed E-state index contributed by atoms with van der Waals surface area (Å²) in [6, 6.07) is 7.37. The van der Waals surface area contributed by atoms with E-state index in [9.17, 15) is 4.79 Å². The zero-order chi connectivity index (χ0) is 23.0. The van der Waals surface area contributed by atoms with Crippen LogP contribution in [0.5, 0.6) is 0 Å². The molecule has 0 aliphatic carbocycles. The molecule has 0 aliphatic rings. The van der Waals surface area contributed by atoms with Crippen molar-refractivity contribution in [2.45, 2.75) is 87.5 Å². The van der Waals surface area contributed by atoms with Crippen LogP contribution in [0.15, 0.2) is 42.5 Å². The molecule has 2 heteroatoms. The largest absolute Gasteiger partial charge is 0.458 e. The highest BCUT2D eigenvalue weighted by Crippen LogP contribution is 2.37. The number of ether oxygens (including phenoxy) is 1. The summed E-state index contributed by atoms with van der Waals surface area (Å²) in [5.41, 5.74) is 3.63. The van der Waals surface area contributed by atoms with Gasteiger partial charge in [-0.25, -0.2) is 4.79 Å². The van der Waals surface area contributed by atoms with E-state index >= 15 is 0 Å². The molecule has 0 bridgehead atoms. The van der Waals surface area contributed by atoms with E-state index in [-0.39, 0.29) is 11.4 Å². The Labute approximate surface area is 185 Å². The second-order valence-electron chi connectivity index (χ2n) is 11.4. The molecule has 0 heterocycles. The van der Waals surface area contributed by atoms with Crippen LogP contribution in [0, 0.1) is 16.2 Å². The monoisotopic (exact) mass is 412 g/mol. The third kappa shape index (κ3) is 10.3. The molecular formula is C28H44O2. The van der Waals surface area contributed by atoms with Crippen molar-refractivity contribution in [3.63, 3.8) is 0 Å². The molecular weight excluding hydrogens is 368 g/mol. The van der Waals surface area contributed by atoms with Gasteiger partial charge in [0.05, 0.1) is 5.56 Å². The molecule has 1 rings (SSSR count). The zero-order valence-corrected chi connectivity index (χ0v) is 20.7. The average Bonchev–Trinajstić information content (AvgIpc) is 2.63. The molecule has 0 amide bonds. The molecule has 0 N–H and O–H groups in total. The smallest absolute Gasteiger partial charge is 0.338 e. The second-order valence-corrected chi connectivity index (χ2v) is 11.4. The van der Waals surface area contributed by atoms with Crippen molar-refractivity contribution < 1.29 is 9.53 Å². The van der Waals surface area contributed by atoms with Gasteiger partial charge in [-0.3, -0.25) is 0 Å². The van der Waals surface area contributed by atoms with Gasteiger partial charge in [0.2, 0.25) is 0 Å². The summed E-state index contributed by atoms with van der Waals surface area (Å²) in [5, 5.41) is 0. The van der Waals surface area contributed by atoms with E-state index in [0.717, 1.165) is 31.2 Å². The molecule has 0 unspecified atom stereocenters. The van der Waals surface area contributed by atoms with Crippen LogP contribution in [0.25, 0.3) is 6.08 Å². The molecule has 0 fully saturated rings. The maximum Gasteiger partial charge on any atom is 0.338 e. The summed E-state index contributed by atoms with van der Waals surface area (Å²) in [6.45, 7) is 22.5.